The van der Waals surface area contributed by atoms with Gasteiger partial charge >= 0.3 is 6.09 Å². The fourth-order valence-electron chi connectivity index (χ4n) is 3.09. The Kier molecular flexibility index (Phi) is 7.31. The van der Waals surface area contributed by atoms with Gasteiger partial charge in [-0.15, -0.1) is 0 Å². The molecule has 0 radical (unpaired) electrons. The van der Waals surface area contributed by atoms with Crippen molar-refractivity contribution < 1.29 is 19.7 Å². The zero-order valence-electron chi connectivity index (χ0n) is 17.1. The van der Waals surface area contributed by atoms with Gasteiger partial charge in [0.25, 0.3) is 0 Å². The molecule has 2 rings (SSSR count). The van der Waals surface area contributed by atoms with E-state index in [1.807, 2.05) is 34.6 Å². The normalized spacial score (nSPS) is 24.8. The number of aliphatic hydroxyl groups is 2. The minimum atomic E-state index is -0.725. The highest BCUT2D eigenvalue weighted by Gasteiger charge is 2.36. The molecule has 25 heavy (non-hydrogen) atoms. The van der Waals surface area contributed by atoms with Crippen LogP contribution in [0, 0.1) is 11.8 Å². The molecule has 3 N–H and O–H groups in total. The van der Waals surface area contributed by atoms with E-state index < -0.39 is 16.8 Å². The molecule has 2 fully saturated rings. The molecule has 2 aliphatic rings. The van der Waals surface area contributed by atoms with Crippen molar-refractivity contribution >= 4 is 6.09 Å². The molecule has 2 saturated heterocycles. The van der Waals surface area contributed by atoms with Crippen LogP contribution in [0.5, 0.6) is 0 Å². The van der Waals surface area contributed by atoms with E-state index in [4.69, 9.17) is 4.74 Å². The summed E-state index contributed by atoms with van der Waals surface area (Å²) in [6, 6.07) is 0. The summed E-state index contributed by atoms with van der Waals surface area (Å²) in [4.78, 5) is 13.4. The molecule has 6 heteroatoms. The van der Waals surface area contributed by atoms with Crippen LogP contribution in [0.25, 0.3) is 0 Å². The first kappa shape index (κ1) is 22.2. The minimum Gasteiger partial charge on any atom is -0.444 e. The Labute approximate surface area is 152 Å². The number of amides is 1. The number of hydrogen-bond acceptors (Lipinski definition) is 5. The lowest BCUT2D eigenvalue weighted by Crippen LogP contribution is -2.38. The Bertz CT molecular complexity index is 426. The largest absolute Gasteiger partial charge is 0.444 e. The van der Waals surface area contributed by atoms with Gasteiger partial charge in [-0.3, -0.25) is 0 Å². The SMILES string of the molecule is CC(C)(C)OC(=O)N1CCC(C(C)(C)O)C1.CC(C)(O)C1CCNC1. The van der Waals surface area contributed by atoms with E-state index in [0.29, 0.717) is 19.0 Å². The van der Waals surface area contributed by atoms with Crippen LogP contribution in [-0.4, -0.2) is 64.2 Å². The molecule has 6 nitrogen and oxygen atoms in total. The number of nitrogens with one attached hydrogen (secondary N) is 1. The van der Waals surface area contributed by atoms with Crippen molar-refractivity contribution in [2.45, 2.75) is 78.1 Å². The van der Waals surface area contributed by atoms with E-state index in [1.54, 1.807) is 18.7 Å². The molecule has 1 amide bonds. The van der Waals surface area contributed by atoms with Crippen molar-refractivity contribution in [3.05, 3.63) is 0 Å². The van der Waals surface area contributed by atoms with Crippen molar-refractivity contribution in [1.82, 2.24) is 10.2 Å². The number of hydrogen-bond donors (Lipinski definition) is 3. The molecular formula is C19H38N2O4. The molecule has 0 spiro atoms. The van der Waals surface area contributed by atoms with Crippen LogP contribution in [0.3, 0.4) is 0 Å². The number of carbonyl (C=O) groups excluding carboxylic acids is 1. The standard InChI is InChI=1S/C12H23NO3.C7H15NO/c1-11(2,3)16-10(14)13-7-6-9(8-13)12(4,5)15;1-7(2,9)6-3-4-8-5-6/h9,15H,6-8H2,1-5H3;6,8-9H,3-5H2,1-2H3. The smallest absolute Gasteiger partial charge is 0.410 e. The summed E-state index contributed by atoms with van der Waals surface area (Å²) in [5, 5.41) is 22.6. The van der Waals surface area contributed by atoms with Crippen LogP contribution in [0.2, 0.25) is 0 Å². The molecule has 148 valence electrons. The second-order valence-corrected chi connectivity index (χ2v) is 9.41. The van der Waals surface area contributed by atoms with E-state index in [-0.39, 0.29) is 12.0 Å². The summed E-state index contributed by atoms with van der Waals surface area (Å²) < 4.78 is 5.29. The predicted octanol–water partition coefficient (Wildman–Crippen LogP) is 2.38. The van der Waals surface area contributed by atoms with Gasteiger partial charge in [0.15, 0.2) is 0 Å². The Morgan fingerprint density at radius 3 is 1.88 bits per heavy atom. The maximum absolute atomic E-state index is 11.8. The van der Waals surface area contributed by atoms with Gasteiger partial charge in [-0.05, 0) is 67.9 Å². The summed E-state index contributed by atoms with van der Waals surface area (Å²) in [6.07, 6.45) is 1.67. The van der Waals surface area contributed by atoms with Gasteiger partial charge in [-0.2, -0.15) is 0 Å². The number of carbonyl (C=O) groups is 1. The van der Waals surface area contributed by atoms with Crippen molar-refractivity contribution in [2.24, 2.45) is 11.8 Å². The van der Waals surface area contributed by atoms with Crippen molar-refractivity contribution in [2.75, 3.05) is 26.2 Å². The molecule has 2 aliphatic heterocycles. The lowest BCUT2D eigenvalue weighted by atomic mass is 9.91. The molecule has 0 aromatic rings. The van der Waals surface area contributed by atoms with Gasteiger partial charge in [0.05, 0.1) is 11.2 Å². The third-order valence-corrected chi connectivity index (χ3v) is 4.90. The molecule has 0 aliphatic carbocycles. The highest BCUT2D eigenvalue weighted by atomic mass is 16.6. The second kappa shape index (κ2) is 8.23. The summed E-state index contributed by atoms with van der Waals surface area (Å²) in [5.41, 5.74) is -1.66. The maximum Gasteiger partial charge on any atom is 0.410 e. The zero-order valence-corrected chi connectivity index (χ0v) is 17.1. The van der Waals surface area contributed by atoms with Gasteiger partial charge in [-0.1, -0.05) is 0 Å². The molecular weight excluding hydrogens is 320 g/mol. The van der Waals surface area contributed by atoms with Crippen LogP contribution in [0.15, 0.2) is 0 Å². The predicted molar refractivity (Wildman–Crippen MR) is 99.5 cm³/mol. The summed E-state index contributed by atoms with van der Waals surface area (Å²) in [5.74, 6) is 0.595. The van der Waals surface area contributed by atoms with Crippen LogP contribution < -0.4 is 5.32 Å². The van der Waals surface area contributed by atoms with E-state index in [1.165, 1.54) is 0 Å². The fraction of sp³-hybridized carbons (Fsp3) is 0.947. The Morgan fingerprint density at radius 2 is 1.56 bits per heavy atom. The molecule has 0 aromatic carbocycles. The highest BCUT2D eigenvalue weighted by molar-refractivity contribution is 5.68. The van der Waals surface area contributed by atoms with Crippen LogP contribution in [-0.2, 0) is 4.74 Å². The Balaban J connectivity index is 0.000000293. The quantitative estimate of drug-likeness (QED) is 0.706. The van der Waals surface area contributed by atoms with Crippen molar-refractivity contribution in [3.63, 3.8) is 0 Å². The minimum absolute atomic E-state index is 0.139. The highest BCUT2D eigenvalue weighted by Crippen LogP contribution is 2.28. The monoisotopic (exact) mass is 358 g/mol. The molecule has 2 atom stereocenters. The van der Waals surface area contributed by atoms with Crippen molar-refractivity contribution in [1.29, 1.82) is 0 Å². The summed E-state index contributed by atoms with van der Waals surface area (Å²) in [6.45, 7) is 16.2. The molecule has 0 bridgehead atoms. The molecule has 2 unspecified atom stereocenters. The van der Waals surface area contributed by atoms with E-state index in [2.05, 4.69) is 5.32 Å². The molecule has 0 saturated carbocycles. The number of likely N-dealkylation sites (tertiary alicyclic amines) is 1. The van der Waals surface area contributed by atoms with Gasteiger partial charge in [-0.25, -0.2) is 4.79 Å². The average Bonchev–Trinajstić information content (AvgIpc) is 3.08. The number of nitrogens with zero attached hydrogens (tertiary/aromatic N) is 1. The molecule has 0 aromatic heterocycles. The van der Waals surface area contributed by atoms with Crippen molar-refractivity contribution in [3.8, 4) is 0 Å². The van der Waals surface area contributed by atoms with E-state index in [9.17, 15) is 15.0 Å². The third kappa shape index (κ3) is 7.92. The second-order valence-electron chi connectivity index (χ2n) is 9.41. The topological polar surface area (TPSA) is 82.0 Å². The lowest BCUT2D eigenvalue weighted by molar-refractivity contribution is 0.0114. The Morgan fingerprint density at radius 1 is 1.00 bits per heavy atom. The lowest BCUT2D eigenvalue weighted by Gasteiger charge is -2.27. The van der Waals surface area contributed by atoms with Gasteiger partial charge in [0, 0.05) is 31.5 Å². The van der Waals surface area contributed by atoms with E-state index in [0.717, 1.165) is 25.9 Å². The van der Waals surface area contributed by atoms with Gasteiger partial charge < -0.3 is 25.2 Å². The Hall–Kier alpha value is -0.850. The first-order chi connectivity index (χ1) is 11.2. The van der Waals surface area contributed by atoms with E-state index >= 15 is 0 Å². The zero-order chi connectivity index (χ0) is 19.5. The fourth-order valence-corrected chi connectivity index (χ4v) is 3.09. The summed E-state index contributed by atoms with van der Waals surface area (Å²) in [7, 11) is 0. The average molecular weight is 359 g/mol. The van der Waals surface area contributed by atoms with Gasteiger partial charge in [0.1, 0.15) is 5.60 Å². The summed E-state index contributed by atoms with van der Waals surface area (Å²) >= 11 is 0. The maximum atomic E-state index is 11.8. The van der Waals surface area contributed by atoms with Gasteiger partial charge in [0.2, 0.25) is 0 Å². The van der Waals surface area contributed by atoms with Crippen LogP contribution in [0.1, 0.15) is 61.3 Å². The third-order valence-electron chi connectivity index (χ3n) is 4.90. The molecule has 2 heterocycles. The first-order valence-electron chi connectivity index (χ1n) is 9.33. The van der Waals surface area contributed by atoms with Crippen LogP contribution >= 0.6 is 0 Å². The first-order valence-corrected chi connectivity index (χ1v) is 9.33. The van der Waals surface area contributed by atoms with Crippen LogP contribution in [0.4, 0.5) is 4.79 Å². The number of rotatable bonds is 2. The number of ether oxygens (including phenoxy) is 1.